The van der Waals surface area contributed by atoms with Crippen LogP contribution in [0.3, 0.4) is 0 Å². The predicted molar refractivity (Wildman–Crippen MR) is 189 cm³/mol. The largest absolute Gasteiger partial charge is 0.444 e. The molecule has 12 heteroatoms. The summed E-state index contributed by atoms with van der Waals surface area (Å²) in [5, 5.41) is 0.890. The molecule has 47 heavy (non-hydrogen) atoms. The minimum atomic E-state index is -1.92. The van der Waals surface area contributed by atoms with Crippen LogP contribution in [0.15, 0.2) is 70.5 Å². The van der Waals surface area contributed by atoms with E-state index < -0.39 is 14.4 Å². The van der Waals surface area contributed by atoms with E-state index in [2.05, 4.69) is 50.9 Å². The molecule has 8 nitrogen and oxygen atoms in total. The second-order valence-electron chi connectivity index (χ2n) is 13.3. The zero-order valence-electron chi connectivity index (χ0n) is 27.5. The Hall–Kier alpha value is -2.86. The van der Waals surface area contributed by atoms with Gasteiger partial charge in [-0.15, -0.1) is 0 Å². The van der Waals surface area contributed by atoms with Crippen molar-refractivity contribution in [1.29, 1.82) is 0 Å². The number of fused-ring (bicyclic) bond motifs is 1. The number of imide groups is 1. The molecule has 1 fully saturated rings. The summed E-state index contributed by atoms with van der Waals surface area (Å²) in [7, 11) is -1.92. The second-order valence-corrected chi connectivity index (χ2v) is 19.9. The number of halogens is 2. The first-order chi connectivity index (χ1) is 22.3. The van der Waals surface area contributed by atoms with Gasteiger partial charge >= 0.3 is 6.09 Å². The summed E-state index contributed by atoms with van der Waals surface area (Å²) in [6, 6.07) is 18.8. The van der Waals surface area contributed by atoms with Crippen LogP contribution in [0.1, 0.15) is 52.6 Å². The number of nitrogens with zero attached hydrogens (tertiary/aromatic N) is 3. The van der Waals surface area contributed by atoms with Gasteiger partial charge in [-0.2, -0.15) is 0 Å². The molecule has 3 aromatic carbocycles. The molecule has 0 unspecified atom stereocenters. The van der Waals surface area contributed by atoms with Crippen LogP contribution in [0.5, 0.6) is 0 Å². The van der Waals surface area contributed by atoms with Crippen molar-refractivity contribution < 1.29 is 23.5 Å². The maximum absolute atomic E-state index is 12.9. The molecule has 0 saturated carbocycles. The molecule has 250 valence electrons. The molecule has 0 spiro atoms. The number of benzene rings is 3. The molecule has 0 bridgehead atoms. The van der Waals surface area contributed by atoms with Gasteiger partial charge in [0.2, 0.25) is 0 Å². The molecule has 0 N–H and O–H groups in total. The Labute approximate surface area is 292 Å². The number of hydrogen-bond donors (Lipinski definition) is 0. The van der Waals surface area contributed by atoms with Gasteiger partial charge in [-0.1, -0.05) is 92.1 Å². The molecule has 3 amide bonds. The maximum atomic E-state index is 12.9. The number of rotatable bonds is 10. The second kappa shape index (κ2) is 14.7. The third kappa shape index (κ3) is 8.07. The smallest absolute Gasteiger partial charge is 0.410 e. The fourth-order valence-corrected chi connectivity index (χ4v) is 7.64. The normalized spacial score (nSPS) is 15.7. The van der Waals surface area contributed by atoms with E-state index in [0.717, 1.165) is 15.4 Å². The molecule has 0 atom stereocenters. The van der Waals surface area contributed by atoms with Gasteiger partial charge in [0.25, 0.3) is 11.8 Å². The van der Waals surface area contributed by atoms with Crippen LogP contribution in [0.2, 0.25) is 28.2 Å². The molecule has 0 radical (unpaired) electrons. The standard InChI is InChI=1S/C35H41Cl2N3O5SSi/c1-35(2,3)47(4,5)45-23-24-10-6-9-13-28(24)46-29-15-14-25(30(36)31(29)37)22-44-34(43)39-19-16-38(17-20-39)18-21-40-32(41)26-11-7-8-12-27(26)33(40)42/h6-15H,16-23H2,1-5H3. The van der Waals surface area contributed by atoms with Crippen molar-refractivity contribution in [3.8, 4) is 0 Å². The highest BCUT2D eigenvalue weighted by molar-refractivity contribution is 7.99. The van der Waals surface area contributed by atoms with Crippen molar-refractivity contribution in [2.45, 2.75) is 61.9 Å². The van der Waals surface area contributed by atoms with Crippen molar-refractivity contribution in [2.24, 2.45) is 0 Å². The topological polar surface area (TPSA) is 79.4 Å². The van der Waals surface area contributed by atoms with E-state index in [-0.39, 0.29) is 23.5 Å². The van der Waals surface area contributed by atoms with E-state index in [1.807, 2.05) is 24.3 Å². The maximum Gasteiger partial charge on any atom is 0.410 e. The highest BCUT2D eigenvalue weighted by Crippen LogP contribution is 2.41. The van der Waals surface area contributed by atoms with Crippen LogP contribution in [0.4, 0.5) is 4.79 Å². The Balaban J connectivity index is 1.10. The van der Waals surface area contributed by atoms with E-state index in [1.54, 1.807) is 29.2 Å². The third-order valence-corrected chi connectivity index (χ3v) is 15.9. The van der Waals surface area contributed by atoms with Gasteiger partial charge in [0.15, 0.2) is 8.32 Å². The highest BCUT2D eigenvalue weighted by Gasteiger charge is 2.37. The van der Waals surface area contributed by atoms with Crippen LogP contribution in [-0.4, -0.2) is 80.2 Å². The quantitative estimate of drug-likeness (QED) is 0.155. The monoisotopic (exact) mass is 713 g/mol. The fraction of sp³-hybridized carbons (Fsp3) is 0.400. The summed E-state index contributed by atoms with van der Waals surface area (Å²) >= 11 is 14.9. The molecule has 2 aliphatic rings. The third-order valence-electron chi connectivity index (χ3n) is 9.21. The molecular weight excluding hydrogens is 673 g/mol. The van der Waals surface area contributed by atoms with Crippen LogP contribution in [0, 0.1) is 0 Å². The summed E-state index contributed by atoms with van der Waals surface area (Å²) < 4.78 is 12.1. The van der Waals surface area contributed by atoms with Gasteiger partial charge in [0.1, 0.15) is 6.61 Å². The lowest BCUT2D eigenvalue weighted by atomic mass is 10.1. The molecule has 5 rings (SSSR count). The van der Waals surface area contributed by atoms with E-state index >= 15 is 0 Å². The first kappa shape index (κ1) is 35.4. The van der Waals surface area contributed by atoms with Gasteiger partial charge in [0.05, 0.1) is 27.8 Å². The number of carbonyl (C=O) groups excluding carboxylic acids is 3. The fourth-order valence-electron chi connectivity index (χ4n) is 5.15. The van der Waals surface area contributed by atoms with Gasteiger partial charge in [-0.3, -0.25) is 19.4 Å². The first-order valence-corrected chi connectivity index (χ1v) is 20.2. The molecule has 3 aromatic rings. The zero-order valence-corrected chi connectivity index (χ0v) is 30.8. The number of ether oxygens (including phenoxy) is 1. The van der Waals surface area contributed by atoms with Crippen molar-refractivity contribution in [3.63, 3.8) is 0 Å². The molecule has 2 heterocycles. The molecule has 0 aliphatic carbocycles. The predicted octanol–water partition coefficient (Wildman–Crippen LogP) is 8.22. The number of amides is 3. The van der Waals surface area contributed by atoms with Crippen LogP contribution >= 0.6 is 35.0 Å². The van der Waals surface area contributed by atoms with Crippen molar-refractivity contribution in [2.75, 3.05) is 39.3 Å². The number of hydrogen-bond acceptors (Lipinski definition) is 7. The Morgan fingerprint density at radius 3 is 2.04 bits per heavy atom. The van der Waals surface area contributed by atoms with Crippen molar-refractivity contribution in [1.82, 2.24) is 14.7 Å². The van der Waals surface area contributed by atoms with E-state index in [1.165, 1.54) is 16.7 Å². The van der Waals surface area contributed by atoms with Gasteiger partial charge in [0, 0.05) is 54.6 Å². The molecule has 0 aromatic heterocycles. The summed E-state index contributed by atoms with van der Waals surface area (Å²) in [6.45, 7) is 14.7. The minimum Gasteiger partial charge on any atom is -0.444 e. The summed E-state index contributed by atoms with van der Waals surface area (Å²) in [5.74, 6) is -0.510. The van der Waals surface area contributed by atoms with E-state index in [9.17, 15) is 14.4 Å². The lowest BCUT2D eigenvalue weighted by Gasteiger charge is -2.36. The Kier molecular flexibility index (Phi) is 11.1. The van der Waals surface area contributed by atoms with Crippen LogP contribution in [-0.2, 0) is 22.4 Å². The van der Waals surface area contributed by atoms with Gasteiger partial charge in [-0.25, -0.2) is 4.79 Å². The SMILES string of the molecule is CC(C)(C)[Si](C)(C)OCc1ccccc1Sc1ccc(COC(=O)N2CCN(CCN3C(=O)c4ccccc4C3=O)CC2)c(Cl)c1Cl. The molecule has 2 aliphatic heterocycles. The Morgan fingerprint density at radius 1 is 0.787 bits per heavy atom. The average Bonchev–Trinajstić information content (AvgIpc) is 3.29. The average molecular weight is 715 g/mol. The van der Waals surface area contributed by atoms with Crippen molar-refractivity contribution >= 4 is 61.2 Å². The Bertz CT molecular complexity index is 1620. The number of piperazine rings is 1. The van der Waals surface area contributed by atoms with Crippen LogP contribution < -0.4 is 0 Å². The molecular formula is C35H41Cl2N3O5SSi. The van der Waals surface area contributed by atoms with E-state index in [4.69, 9.17) is 32.4 Å². The first-order valence-electron chi connectivity index (χ1n) is 15.7. The Morgan fingerprint density at radius 2 is 1.40 bits per heavy atom. The summed E-state index contributed by atoms with van der Waals surface area (Å²) in [4.78, 5) is 45.1. The number of carbonyl (C=O) groups is 3. The summed E-state index contributed by atoms with van der Waals surface area (Å²) in [5.41, 5.74) is 2.63. The zero-order chi connectivity index (χ0) is 33.9. The highest BCUT2D eigenvalue weighted by atomic mass is 35.5. The lowest BCUT2D eigenvalue weighted by molar-refractivity contribution is 0.0586. The van der Waals surface area contributed by atoms with Crippen molar-refractivity contribution in [3.05, 3.63) is 93.0 Å². The minimum absolute atomic E-state index is 0.000763. The summed E-state index contributed by atoms with van der Waals surface area (Å²) in [6.07, 6.45) is -0.425. The van der Waals surface area contributed by atoms with E-state index in [0.29, 0.717) is 72.6 Å². The van der Waals surface area contributed by atoms with Crippen LogP contribution in [0.25, 0.3) is 0 Å². The lowest BCUT2D eigenvalue weighted by Crippen LogP contribution is -2.50. The van der Waals surface area contributed by atoms with Gasteiger partial charge < -0.3 is 14.1 Å². The van der Waals surface area contributed by atoms with Gasteiger partial charge in [-0.05, 0) is 48.0 Å². The molecule has 1 saturated heterocycles.